The van der Waals surface area contributed by atoms with Crippen molar-refractivity contribution in [1.82, 2.24) is 0 Å². The van der Waals surface area contributed by atoms with Crippen LogP contribution in [0.3, 0.4) is 0 Å². The molecule has 0 fully saturated rings. The van der Waals surface area contributed by atoms with Gasteiger partial charge in [-0.15, -0.1) is 0 Å². The maximum Gasteiger partial charge on any atom is 0 e. The van der Waals surface area contributed by atoms with Gasteiger partial charge >= 0.3 is 0 Å². The third kappa shape index (κ3) is 245. The van der Waals surface area contributed by atoms with Gasteiger partial charge in [0, 0.05) is 20.1 Å². The molecule has 93 valence electrons. The van der Waals surface area contributed by atoms with Gasteiger partial charge in [0.25, 0.3) is 0 Å². The Balaban J connectivity index is -0.0000000267. The molecule has 14 heavy (non-hydrogen) atoms. The van der Waals surface area contributed by atoms with Crippen molar-refractivity contribution in [2.24, 2.45) is 0 Å². The van der Waals surface area contributed by atoms with Gasteiger partial charge in [-0.3, -0.25) is 0 Å². The van der Waals surface area contributed by atoms with Crippen molar-refractivity contribution in [1.29, 1.82) is 0 Å². The van der Waals surface area contributed by atoms with E-state index in [9.17, 15) is 0 Å². The van der Waals surface area contributed by atoms with Crippen molar-refractivity contribution in [2.45, 2.75) is 74.1 Å². The summed E-state index contributed by atoms with van der Waals surface area (Å²) in [5.41, 5.74) is 0. The summed E-state index contributed by atoms with van der Waals surface area (Å²) in [6.45, 7) is 17.8. The molecule has 1 radical (unpaired) electrons. The molecule has 0 saturated carbocycles. The van der Waals surface area contributed by atoms with Gasteiger partial charge < -0.3 is 13.3 Å². The van der Waals surface area contributed by atoms with Crippen LogP contribution in [0.25, 0.3) is 0 Å². The Labute approximate surface area is 108 Å². The third-order valence-corrected chi connectivity index (χ3v) is 0.577. The van der Waals surface area contributed by atoms with Crippen LogP contribution in [0.1, 0.15) is 74.1 Å². The number of rotatable bonds is 2. The second-order valence-electron chi connectivity index (χ2n) is 2.52. The van der Waals surface area contributed by atoms with E-state index in [1.165, 1.54) is 25.7 Å². The van der Waals surface area contributed by atoms with Crippen molar-refractivity contribution in [3.63, 3.8) is 0 Å². The summed E-state index contributed by atoms with van der Waals surface area (Å²) in [6.07, 6.45) is 7.19. The van der Waals surface area contributed by atoms with Crippen molar-refractivity contribution in [3.05, 3.63) is 13.3 Å². The zero-order chi connectivity index (χ0) is 11.5. The molecule has 0 unspecified atom stereocenters. The normalized spacial score (nSPS) is 6.00. The summed E-state index contributed by atoms with van der Waals surface area (Å²) < 4.78 is 0. The molecule has 0 heterocycles. The van der Waals surface area contributed by atoms with E-state index in [1.807, 2.05) is 0 Å². The maximum absolute atomic E-state index is 3.25. The van der Waals surface area contributed by atoms with Crippen LogP contribution >= 0.6 is 0 Å². The van der Waals surface area contributed by atoms with Crippen molar-refractivity contribution in [2.75, 3.05) is 0 Å². The molecular formula is C13H32Tc-2. The molecule has 0 aromatic rings. The first-order chi connectivity index (χ1) is 6.24. The first-order valence-corrected chi connectivity index (χ1v) is 5.77. The molecule has 0 aliphatic heterocycles. The molecule has 0 N–H and O–H groups in total. The van der Waals surface area contributed by atoms with Crippen LogP contribution < -0.4 is 0 Å². The Bertz CT molecular complexity index is 24.4. The number of hydrogen-bond acceptors (Lipinski definition) is 0. The quantitative estimate of drug-likeness (QED) is 0.573. The smallest absolute Gasteiger partial charge is 0 e. The molecule has 0 aromatic heterocycles. The summed E-state index contributed by atoms with van der Waals surface area (Å²) in [5.74, 6) is 0. The minimum Gasteiger partial charge on any atom is -0.346 e. The van der Waals surface area contributed by atoms with E-state index in [0.717, 1.165) is 0 Å². The van der Waals surface area contributed by atoms with Crippen LogP contribution in [0.4, 0.5) is 0 Å². The van der Waals surface area contributed by atoms with Gasteiger partial charge in [0.05, 0.1) is 0 Å². The fourth-order valence-corrected chi connectivity index (χ4v) is 0.289. The summed E-state index contributed by atoms with van der Waals surface area (Å²) in [4.78, 5) is 0. The summed E-state index contributed by atoms with van der Waals surface area (Å²) in [6, 6.07) is 0. The monoisotopic (exact) mass is 285 g/mol. The molecule has 0 rings (SSSR count). The first-order valence-electron chi connectivity index (χ1n) is 5.77. The van der Waals surface area contributed by atoms with Crippen LogP contribution in [0.2, 0.25) is 0 Å². The zero-order valence-electron chi connectivity index (χ0n) is 11.5. The van der Waals surface area contributed by atoms with Gasteiger partial charge in [-0.05, 0) is 0 Å². The molecule has 0 aliphatic rings. The SMILES string of the molecule is CCC.CCC.CC[CH-]CC.[CH2-]C.[Tc]. The summed E-state index contributed by atoms with van der Waals surface area (Å²) >= 11 is 0. The van der Waals surface area contributed by atoms with Gasteiger partial charge in [-0.2, -0.15) is 19.8 Å². The van der Waals surface area contributed by atoms with Crippen LogP contribution in [-0.2, 0) is 20.1 Å². The van der Waals surface area contributed by atoms with Crippen LogP contribution in [0, 0.1) is 13.3 Å². The Morgan fingerprint density at radius 1 is 0.714 bits per heavy atom. The Morgan fingerprint density at radius 2 is 0.857 bits per heavy atom. The van der Waals surface area contributed by atoms with Crippen molar-refractivity contribution in [3.8, 4) is 0 Å². The molecule has 0 bridgehead atoms. The standard InChI is InChI=1S/C5H11.2C3H8.C2H5.Tc/c1-3-5-4-2;2*1-3-2;1-2;/h5H,3-4H2,1-2H3;2*3H2,1-2H3;1H2,2H3;/q-1;;;-1;. The number of unbranched alkanes of at least 4 members (excludes halogenated alkanes) is 2. The summed E-state index contributed by atoms with van der Waals surface area (Å²) in [7, 11) is 0. The van der Waals surface area contributed by atoms with Gasteiger partial charge in [-0.1, -0.05) is 54.4 Å². The molecule has 0 amide bonds. The predicted molar refractivity (Wildman–Crippen MR) is 67.8 cm³/mol. The van der Waals surface area contributed by atoms with E-state index < -0.39 is 0 Å². The minimum atomic E-state index is 0. The first kappa shape index (κ1) is 29.3. The van der Waals surface area contributed by atoms with Gasteiger partial charge in [0.1, 0.15) is 0 Å². The van der Waals surface area contributed by atoms with E-state index in [-0.39, 0.29) is 20.1 Å². The Hall–Kier alpha value is 0.649. The molecule has 0 atom stereocenters. The van der Waals surface area contributed by atoms with Crippen molar-refractivity contribution < 1.29 is 20.1 Å². The second-order valence-corrected chi connectivity index (χ2v) is 2.52. The number of hydrogen-bond donors (Lipinski definition) is 0. The molecule has 0 spiro atoms. The Kier molecular flexibility index (Phi) is 143. The van der Waals surface area contributed by atoms with Crippen LogP contribution in [0.15, 0.2) is 0 Å². The largest absolute Gasteiger partial charge is 0.346 e. The summed E-state index contributed by atoms with van der Waals surface area (Å²) in [5, 5.41) is 0. The molecule has 0 aliphatic carbocycles. The van der Waals surface area contributed by atoms with Crippen LogP contribution in [-0.4, -0.2) is 0 Å². The fourth-order valence-electron chi connectivity index (χ4n) is 0.289. The van der Waals surface area contributed by atoms with E-state index in [1.54, 1.807) is 6.92 Å². The maximum atomic E-state index is 3.25. The zero-order valence-corrected chi connectivity index (χ0v) is 13.3. The third-order valence-electron chi connectivity index (χ3n) is 0.577. The van der Waals surface area contributed by atoms with Gasteiger partial charge in [0.2, 0.25) is 0 Å². The topological polar surface area (TPSA) is 0 Å². The van der Waals surface area contributed by atoms with E-state index >= 15 is 0 Å². The Morgan fingerprint density at radius 3 is 0.857 bits per heavy atom. The second kappa shape index (κ2) is 68.4. The van der Waals surface area contributed by atoms with Gasteiger partial charge in [-0.25, -0.2) is 0 Å². The van der Waals surface area contributed by atoms with E-state index in [2.05, 4.69) is 54.9 Å². The molecular weight excluding hydrogens is 254 g/mol. The predicted octanol–water partition coefficient (Wildman–Crippen LogP) is 5.68. The van der Waals surface area contributed by atoms with Gasteiger partial charge in [0.15, 0.2) is 0 Å². The molecule has 1 heteroatoms. The minimum absolute atomic E-state index is 0. The molecule has 0 aromatic carbocycles. The van der Waals surface area contributed by atoms with E-state index in [4.69, 9.17) is 0 Å². The van der Waals surface area contributed by atoms with Crippen molar-refractivity contribution >= 4 is 0 Å². The average molecular weight is 286 g/mol. The molecule has 0 nitrogen and oxygen atoms in total. The van der Waals surface area contributed by atoms with E-state index in [0.29, 0.717) is 0 Å². The molecule has 0 saturated heterocycles. The average Bonchev–Trinajstić information content (AvgIpc) is 2.12. The fraction of sp³-hybridized carbons (Fsp3) is 0.846. The van der Waals surface area contributed by atoms with Crippen LogP contribution in [0.5, 0.6) is 0 Å².